The van der Waals surface area contributed by atoms with Gasteiger partial charge >= 0.3 is 39.5 Å². The number of hydrogen-bond donors (Lipinski definition) is 3. The van der Waals surface area contributed by atoms with Crippen molar-refractivity contribution in [2.75, 3.05) is 39.6 Å². The van der Waals surface area contributed by atoms with Crippen LogP contribution >= 0.6 is 15.6 Å². The van der Waals surface area contributed by atoms with Crippen LogP contribution in [0.4, 0.5) is 0 Å². The van der Waals surface area contributed by atoms with Crippen LogP contribution in [0.2, 0.25) is 0 Å². The van der Waals surface area contributed by atoms with Crippen molar-refractivity contribution in [3.05, 3.63) is 0 Å². The Kier molecular flexibility index (Phi) is 60.2. The van der Waals surface area contributed by atoms with Crippen molar-refractivity contribution in [3.63, 3.8) is 0 Å². The highest BCUT2D eigenvalue weighted by molar-refractivity contribution is 7.47. The normalized spacial score (nSPS) is 14.4. The predicted octanol–water partition coefficient (Wildman–Crippen LogP) is 19.4. The molecule has 0 radical (unpaired) electrons. The molecule has 0 aromatic carbocycles. The van der Waals surface area contributed by atoms with Crippen molar-refractivity contribution in [1.82, 2.24) is 0 Å². The summed E-state index contributed by atoms with van der Waals surface area (Å²) in [4.78, 5) is 72.3. The average Bonchev–Trinajstić information content (AvgIpc) is 3.71. The lowest BCUT2D eigenvalue weighted by Gasteiger charge is -2.21. The van der Waals surface area contributed by atoms with Gasteiger partial charge in [-0.25, -0.2) is 9.13 Å². The SMILES string of the molecule is CCCCCCCCCCCCCCCCCCCCC(=O)O[C@H](COC(=O)CCCCCCCCCCCCCC)COP(=O)(O)OC[C@@H](O)COP(=O)(O)OC[C@@H](COC(=O)CCCCCCCCC)OC(=O)CCCCCCCCC(C)CC. The maximum absolute atomic E-state index is 13.0. The Hall–Kier alpha value is -1.94. The Bertz CT molecular complexity index is 1690. The van der Waals surface area contributed by atoms with Crippen molar-refractivity contribution >= 4 is 39.5 Å². The van der Waals surface area contributed by atoms with Gasteiger partial charge < -0.3 is 33.8 Å². The summed E-state index contributed by atoms with van der Waals surface area (Å²) >= 11 is 0. The van der Waals surface area contributed by atoms with Crippen LogP contribution in [0.3, 0.4) is 0 Å². The highest BCUT2D eigenvalue weighted by Gasteiger charge is 2.30. The first-order valence-corrected chi connectivity index (χ1v) is 38.7. The van der Waals surface area contributed by atoms with Crippen LogP contribution in [0.5, 0.6) is 0 Å². The molecule has 0 fully saturated rings. The smallest absolute Gasteiger partial charge is 0.462 e. The molecule has 17 nitrogen and oxygen atoms in total. The van der Waals surface area contributed by atoms with Crippen LogP contribution in [0.1, 0.15) is 349 Å². The summed E-state index contributed by atoms with van der Waals surface area (Å²) in [5.41, 5.74) is 0. The Morgan fingerprint density at radius 1 is 0.322 bits per heavy atom. The van der Waals surface area contributed by atoms with Gasteiger partial charge in [-0.3, -0.25) is 37.3 Å². The van der Waals surface area contributed by atoms with Crippen molar-refractivity contribution in [2.45, 2.75) is 368 Å². The number of ether oxygens (including phenoxy) is 4. The van der Waals surface area contributed by atoms with Crippen LogP contribution < -0.4 is 0 Å². The summed E-state index contributed by atoms with van der Waals surface area (Å²) in [6.07, 6.45) is 47.4. The van der Waals surface area contributed by atoms with Gasteiger partial charge in [-0.15, -0.1) is 0 Å². The maximum Gasteiger partial charge on any atom is 0.472 e. The standard InChI is InChI=1S/C68H132O17P2/c1-6-10-13-16-19-21-23-25-26-27-28-29-30-32-34-37-43-48-53-67(72)84-63(58-79-66(71)52-47-42-36-33-31-24-22-20-17-14-11-7-2)59-82-86(74,75)80-55-62(69)56-81-87(76,77)83-60-64(57-78-65(70)51-46-41-35-18-15-12-8-3)85-68(73)54-49-44-39-38-40-45-50-61(5)9-4/h61-64,69H,6-60H2,1-5H3,(H,74,75)(H,76,77)/t61?,62-,63-,64-/m1/s1. The number of aliphatic hydroxyl groups is 1. The van der Waals surface area contributed by atoms with Gasteiger partial charge in [0.1, 0.15) is 19.3 Å². The van der Waals surface area contributed by atoms with E-state index in [1.807, 2.05) is 0 Å². The second-order valence-corrected chi connectivity index (χ2v) is 27.7. The molecule has 0 saturated heterocycles. The minimum Gasteiger partial charge on any atom is -0.462 e. The highest BCUT2D eigenvalue weighted by atomic mass is 31.2. The van der Waals surface area contributed by atoms with Gasteiger partial charge in [-0.2, -0.15) is 0 Å². The molecule has 0 aliphatic rings. The summed E-state index contributed by atoms with van der Waals surface area (Å²) in [5.74, 6) is -1.41. The molecule has 0 heterocycles. The minimum absolute atomic E-state index is 0.103. The Morgan fingerprint density at radius 3 is 0.816 bits per heavy atom. The van der Waals surface area contributed by atoms with Crippen molar-refractivity contribution in [1.29, 1.82) is 0 Å². The third-order valence-corrected chi connectivity index (χ3v) is 18.0. The van der Waals surface area contributed by atoms with E-state index in [-0.39, 0.29) is 25.7 Å². The second kappa shape index (κ2) is 61.6. The fourth-order valence-electron chi connectivity index (χ4n) is 10.3. The number of unbranched alkanes of at least 4 members (excludes halogenated alkanes) is 39. The fourth-order valence-corrected chi connectivity index (χ4v) is 11.8. The molecule has 87 heavy (non-hydrogen) atoms. The van der Waals surface area contributed by atoms with E-state index in [9.17, 15) is 43.2 Å². The molecule has 0 spiro atoms. The first kappa shape index (κ1) is 85.1. The quantitative estimate of drug-likeness (QED) is 0.0222. The van der Waals surface area contributed by atoms with Crippen molar-refractivity contribution in [3.8, 4) is 0 Å². The summed E-state index contributed by atoms with van der Waals surface area (Å²) in [6.45, 7) is 7.14. The molecule has 3 N–H and O–H groups in total. The number of phosphoric ester groups is 2. The zero-order chi connectivity index (χ0) is 64.2. The van der Waals surface area contributed by atoms with E-state index >= 15 is 0 Å². The number of aliphatic hydroxyl groups excluding tert-OH is 1. The largest absolute Gasteiger partial charge is 0.472 e. The number of hydrogen-bond acceptors (Lipinski definition) is 15. The Morgan fingerprint density at radius 2 is 0.552 bits per heavy atom. The van der Waals surface area contributed by atoms with E-state index in [4.69, 9.17) is 37.0 Å². The van der Waals surface area contributed by atoms with Crippen LogP contribution in [0.15, 0.2) is 0 Å². The zero-order valence-electron chi connectivity index (χ0n) is 56.2. The first-order chi connectivity index (χ1) is 42.1. The molecule has 0 amide bonds. The maximum atomic E-state index is 13.0. The predicted molar refractivity (Wildman–Crippen MR) is 349 cm³/mol. The van der Waals surface area contributed by atoms with E-state index < -0.39 is 97.5 Å². The fraction of sp³-hybridized carbons (Fsp3) is 0.941. The number of esters is 4. The second-order valence-electron chi connectivity index (χ2n) is 24.8. The lowest BCUT2D eigenvalue weighted by atomic mass is 10.00. The average molecular weight is 1280 g/mol. The van der Waals surface area contributed by atoms with Crippen LogP contribution in [-0.2, 0) is 65.4 Å². The third kappa shape index (κ3) is 61.3. The van der Waals surface area contributed by atoms with Crippen LogP contribution in [0.25, 0.3) is 0 Å². The molecule has 0 aromatic heterocycles. The third-order valence-electron chi connectivity index (χ3n) is 16.1. The van der Waals surface area contributed by atoms with E-state index in [2.05, 4.69) is 34.6 Å². The minimum atomic E-state index is -4.95. The summed E-state index contributed by atoms with van der Waals surface area (Å²) in [7, 11) is -9.89. The zero-order valence-corrected chi connectivity index (χ0v) is 57.9. The first-order valence-electron chi connectivity index (χ1n) is 35.7. The molecular formula is C68H132O17P2. The molecule has 516 valence electrons. The molecule has 0 aliphatic carbocycles. The van der Waals surface area contributed by atoms with Crippen LogP contribution in [-0.4, -0.2) is 96.7 Å². The number of phosphoric acid groups is 2. The van der Waals surface area contributed by atoms with Crippen molar-refractivity contribution < 1.29 is 80.2 Å². The lowest BCUT2D eigenvalue weighted by Crippen LogP contribution is -2.30. The molecular weight excluding hydrogens is 1150 g/mol. The summed E-state index contributed by atoms with van der Waals surface area (Å²) < 4.78 is 68.1. The van der Waals surface area contributed by atoms with Gasteiger partial charge in [-0.05, 0) is 31.6 Å². The van der Waals surface area contributed by atoms with E-state index in [1.165, 1.54) is 161 Å². The topological polar surface area (TPSA) is 237 Å². The van der Waals surface area contributed by atoms with Gasteiger partial charge in [0.15, 0.2) is 12.2 Å². The van der Waals surface area contributed by atoms with Gasteiger partial charge in [-0.1, -0.05) is 298 Å². The Labute approximate surface area is 530 Å². The van der Waals surface area contributed by atoms with E-state index in [1.54, 1.807) is 0 Å². The van der Waals surface area contributed by atoms with Crippen molar-refractivity contribution in [2.24, 2.45) is 5.92 Å². The van der Waals surface area contributed by atoms with Gasteiger partial charge in [0.25, 0.3) is 0 Å². The molecule has 6 atom stereocenters. The molecule has 0 aromatic rings. The molecule has 19 heteroatoms. The van der Waals surface area contributed by atoms with Gasteiger partial charge in [0, 0.05) is 25.7 Å². The summed E-state index contributed by atoms with van der Waals surface area (Å²) in [5, 5.41) is 10.6. The van der Waals surface area contributed by atoms with Gasteiger partial charge in [0.2, 0.25) is 0 Å². The van der Waals surface area contributed by atoms with Gasteiger partial charge in [0.05, 0.1) is 26.4 Å². The molecule has 0 rings (SSSR count). The molecule has 3 unspecified atom stereocenters. The molecule has 0 saturated carbocycles. The number of rotatable bonds is 68. The number of carbonyl (C=O) groups is 4. The molecule has 0 aliphatic heterocycles. The summed E-state index contributed by atoms with van der Waals surface area (Å²) in [6, 6.07) is 0. The molecule has 0 bridgehead atoms. The monoisotopic (exact) mass is 1280 g/mol. The van der Waals surface area contributed by atoms with E-state index in [0.29, 0.717) is 25.7 Å². The lowest BCUT2D eigenvalue weighted by molar-refractivity contribution is -0.161. The number of carbonyl (C=O) groups excluding carboxylic acids is 4. The van der Waals surface area contributed by atoms with E-state index in [0.717, 1.165) is 109 Å². The Balaban J connectivity index is 5.18. The highest BCUT2D eigenvalue weighted by Crippen LogP contribution is 2.45. The van der Waals surface area contributed by atoms with Crippen LogP contribution in [0, 0.1) is 5.92 Å².